The number of aromatic nitrogens is 5. The molecule has 0 fully saturated rings. The summed E-state index contributed by atoms with van der Waals surface area (Å²) in [6.45, 7) is 4.49. The van der Waals surface area contributed by atoms with Crippen LogP contribution in [0.3, 0.4) is 0 Å². The summed E-state index contributed by atoms with van der Waals surface area (Å²) < 4.78 is 166. The molecular formula is C100H88ClF7N10O22. The summed E-state index contributed by atoms with van der Waals surface area (Å²) in [6.07, 6.45) is -2.71. The van der Waals surface area contributed by atoms with Gasteiger partial charge in [-0.2, -0.15) is 46.0 Å². The Hall–Kier alpha value is -17.4. The van der Waals surface area contributed by atoms with E-state index in [0.29, 0.717) is 85.4 Å². The maximum atomic E-state index is 15.1. The van der Waals surface area contributed by atoms with Crippen molar-refractivity contribution in [2.24, 2.45) is 20.6 Å². The number of hydrogen-bond donors (Lipinski definition) is 0. The number of benzene rings is 9. The molecule has 0 spiro atoms. The number of aryl methyl sites for hydroxylation is 1. The van der Waals surface area contributed by atoms with Gasteiger partial charge in [0.05, 0.1) is 89.2 Å². The van der Waals surface area contributed by atoms with Gasteiger partial charge in [-0.25, -0.2) is 34.1 Å². The number of rotatable bonds is 33. The highest BCUT2D eigenvalue weighted by molar-refractivity contribution is 6.46. The lowest BCUT2D eigenvalue weighted by Crippen LogP contribution is -2.25. The maximum Gasteiger partial charge on any atom is 0.433 e. The first-order valence-corrected chi connectivity index (χ1v) is 41.5. The Morgan fingerprint density at radius 1 is 0.457 bits per heavy atom. The van der Waals surface area contributed by atoms with Crippen molar-refractivity contribution in [3.05, 3.63) is 357 Å². The zero-order chi connectivity index (χ0) is 101. The predicted octanol–water partition coefficient (Wildman–Crippen LogP) is 20.4. The minimum atomic E-state index is -4.56. The van der Waals surface area contributed by atoms with Gasteiger partial charge < -0.3 is 85.7 Å². The fraction of sp³-hybridized carbons (Fsp3) is 0.180. The number of pyridine rings is 1. The Bertz CT molecular complexity index is 6510. The summed E-state index contributed by atoms with van der Waals surface area (Å²) in [6, 6.07) is 67.6. The molecule has 0 bridgehead atoms. The molecule has 0 saturated heterocycles. The lowest BCUT2D eigenvalue weighted by Gasteiger charge is -2.17. The molecule has 4 heterocycles. The molecule has 1 aliphatic heterocycles. The Morgan fingerprint density at radius 3 is 1.47 bits per heavy atom. The molecule has 0 saturated carbocycles. The van der Waals surface area contributed by atoms with Gasteiger partial charge in [-0.3, -0.25) is 0 Å². The second-order valence-electron chi connectivity index (χ2n) is 27.7. The second-order valence-corrected chi connectivity index (χ2v) is 28.1. The Balaban J connectivity index is 0.000000196. The third-order valence-electron chi connectivity index (χ3n) is 18.6. The van der Waals surface area contributed by atoms with Crippen molar-refractivity contribution in [1.29, 1.82) is 5.26 Å². The lowest BCUT2D eigenvalue weighted by atomic mass is 10.0. The summed E-state index contributed by atoms with van der Waals surface area (Å²) in [5, 5.41) is 24.8. The number of halogens is 8. The lowest BCUT2D eigenvalue weighted by molar-refractivity contribution is -0.141. The van der Waals surface area contributed by atoms with E-state index in [1.54, 1.807) is 165 Å². The molecule has 0 radical (unpaired) electrons. The Labute approximate surface area is 802 Å². The summed E-state index contributed by atoms with van der Waals surface area (Å²) in [5.74, 6) is -1.79. The molecule has 140 heavy (non-hydrogen) atoms. The van der Waals surface area contributed by atoms with Crippen molar-refractivity contribution in [1.82, 2.24) is 24.9 Å². The smallest absolute Gasteiger partial charge is 0.433 e. The SMILES string of the molecule is CO/C=C(/C(=O)OC)c1ccccc1COc1cccc(C(F)(F)F)n1.CO/C=C(/C(=O)OC)c1ccccc1Oc1cc(Oc2ccccc2C#N)ncn1.CO/N=C(/C(=O)OC)c1ccccc1CO/C=C(\C)c1cccc(C(F)(F)F)c1.CO/N=C(/C(=O)OC)c1ccccc1COc1ccccc1C.CO/N=C(/C1=NOCCO1)c1ccccc1Oc1ncnc(Oc2ccccc2Cl)c1F. The van der Waals surface area contributed by atoms with Crippen LogP contribution in [-0.4, -0.2) is 149 Å². The second kappa shape index (κ2) is 54.2. The first-order valence-electron chi connectivity index (χ1n) is 41.1. The molecule has 3 aromatic heterocycles. The number of hydrogen-bond acceptors (Lipinski definition) is 32. The Morgan fingerprint density at radius 2 is 0.929 bits per heavy atom. The average Bonchev–Trinajstić information content (AvgIpc) is 0.812. The first kappa shape index (κ1) is 106. The van der Waals surface area contributed by atoms with E-state index >= 15 is 4.39 Å². The number of carbonyl (C=O) groups excluding carboxylic acids is 4. The third-order valence-corrected chi connectivity index (χ3v) is 18.9. The highest BCUT2D eigenvalue weighted by Crippen LogP contribution is 2.38. The quantitative estimate of drug-likeness (QED) is 0.00701. The Kier molecular flexibility index (Phi) is 41.1. The summed E-state index contributed by atoms with van der Waals surface area (Å²) in [4.78, 5) is 86.7. The minimum Gasteiger partial charge on any atom is -0.503 e. The topological polar surface area (TPSA) is 372 Å². The van der Waals surface area contributed by atoms with E-state index < -0.39 is 53.3 Å². The normalized spacial score (nSPS) is 11.9. The van der Waals surface area contributed by atoms with Crippen LogP contribution in [-0.2, 0) is 109 Å². The van der Waals surface area contributed by atoms with E-state index in [1.807, 2.05) is 49.4 Å². The summed E-state index contributed by atoms with van der Waals surface area (Å²) in [7, 11) is 11.9. The van der Waals surface area contributed by atoms with Crippen molar-refractivity contribution in [3.63, 3.8) is 0 Å². The van der Waals surface area contributed by atoms with Crippen LogP contribution in [0.1, 0.15) is 79.4 Å². The van der Waals surface area contributed by atoms with E-state index in [4.69, 9.17) is 97.3 Å². The first-order chi connectivity index (χ1) is 67.6. The van der Waals surface area contributed by atoms with E-state index in [1.165, 1.54) is 113 Å². The minimum absolute atomic E-state index is 0.0206. The van der Waals surface area contributed by atoms with Crippen LogP contribution in [0.15, 0.2) is 295 Å². The fourth-order valence-electron chi connectivity index (χ4n) is 12.0. The van der Waals surface area contributed by atoms with E-state index in [-0.39, 0.29) is 94.9 Å². The number of esters is 4. The van der Waals surface area contributed by atoms with Crippen molar-refractivity contribution in [3.8, 4) is 64.2 Å². The van der Waals surface area contributed by atoms with Crippen LogP contribution >= 0.6 is 11.6 Å². The molecule has 40 heteroatoms. The maximum absolute atomic E-state index is 15.1. The molecule has 9 aromatic carbocycles. The number of alkyl halides is 6. The summed E-state index contributed by atoms with van der Waals surface area (Å²) >= 11 is 6.07. The van der Waals surface area contributed by atoms with Crippen molar-refractivity contribution >= 4 is 75.2 Å². The van der Waals surface area contributed by atoms with Gasteiger partial charge in [0.25, 0.3) is 17.7 Å². The number of allylic oxidation sites excluding steroid dienone is 1. The summed E-state index contributed by atoms with van der Waals surface area (Å²) in [5.41, 5.74) is 5.62. The van der Waals surface area contributed by atoms with Gasteiger partial charge in [0.1, 0.15) is 112 Å². The van der Waals surface area contributed by atoms with Gasteiger partial charge in [-0.1, -0.05) is 191 Å². The van der Waals surface area contributed by atoms with Gasteiger partial charge >= 0.3 is 36.2 Å². The number of ether oxygens (including phenoxy) is 14. The fourth-order valence-corrected chi connectivity index (χ4v) is 12.2. The van der Waals surface area contributed by atoms with Crippen molar-refractivity contribution in [2.45, 2.75) is 46.0 Å². The number of oxime groups is 4. The number of methoxy groups -OCH3 is 6. The average molecular weight is 1950 g/mol. The van der Waals surface area contributed by atoms with Crippen LogP contribution in [0.2, 0.25) is 5.02 Å². The van der Waals surface area contributed by atoms with Crippen LogP contribution in [0.5, 0.6) is 58.1 Å². The van der Waals surface area contributed by atoms with Gasteiger partial charge in [0.15, 0.2) is 23.7 Å². The highest BCUT2D eigenvalue weighted by atomic mass is 35.5. The zero-order valence-corrected chi connectivity index (χ0v) is 77.2. The molecule has 0 N–H and O–H groups in total. The van der Waals surface area contributed by atoms with E-state index in [0.717, 1.165) is 41.4 Å². The molecule has 0 amide bonds. The monoisotopic (exact) mass is 1950 g/mol. The van der Waals surface area contributed by atoms with Crippen LogP contribution in [0, 0.1) is 24.1 Å². The molecule has 0 aliphatic carbocycles. The van der Waals surface area contributed by atoms with Crippen LogP contribution in [0.4, 0.5) is 30.7 Å². The van der Waals surface area contributed by atoms with Crippen molar-refractivity contribution in [2.75, 3.05) is 77.2 Å². The molecule has 0 atom stereocenters. The van der Waals surface area contributed by atoms with E-state index in [9.17, 15) is 50.8 Å². The van der Waals surface area contributed by atoms with E-state index in [2.05, 4.69) is 51.6 Å². The number of nitrogens with zero attached hydrogens (tertiary/aromatic N) is 10. The molecule has 12 aromatic rings. The highest BCUT2D eigenvalue weighted by Gasteiger charge is 2.34. The van der Waals surface area contributed by atoms with Gasteiger partial charge in [-0.15, -0.1) is 0 Å². The van der Waals surface area contributed by atoms with Gasteiger partial charge in [0.2, 0.25) is 23.5 Å². The van der Waals surface area contributed by atoms with Crippen molar-refractivity contribution < 1.29 is 136 Å². The van der Waals surface area contributed by atoms with Crippen LogP contribution in [0.25, 0.3) is 16.7 Å². The zero-order valence-electron chi connectivity index (χ0n) is 76.5. The molecule has 1 aliphatic rings. The molecule has 13 rings (SSSR count). The van der Waals surface area contributed by atoms with Crippen LogP contribution < -0.4 is 28.4 Å². The third kappa shape index (κ3) is 31.1. The number of nitriles is 1. The largest absolute Gasteiger partial charge is 0.503 e. The predicted molar refractivity (Wildman–Crippen MR) is 496 cm³/mol. The standard InChI is InChI=1S/C22H17N3O5.C21H16ClFN4O5.C21H20F3NO4.C18H16F3NO4.C18H19NO4/c1-27-13-17(22(26)28-2)16-8-4-6-10-19(16)30-21-11-20(24-14-25-21)29-18-9-5-3-7-15(18)12-23;1-28-26-18(21-27-30-11-10-29-21)13-6-2-4-8-15(13)31-19-17(23)20(25-12-24-19)32-16-9-5-3-7-14(16)22;1-14(15-8-6-9-17(11-15)21(22,23)24)12-29-13-16-7-4-5-10-18(16)19(25-28-3)20(26)27-2;1-24-11-14(17(23)25-2)13-7-4-3-6-12(13)10-26-16-9-5-8-15(22-16)18(19,20)21;1-13-8-4-7-11-16(13)23-12-14-9-5-6-10-15(14)17(19-22-3)18(20)21-2/h3-11,13-14H,1-2H3;2-9,12H,10-11H2,1H3;4-12H,13H2,1-3H3;3-9,11H,10H2,1-2H3;4-11H,12H2,1-3H3/b17-13+;26-18+;14-12+,25-19+;14-11+;19-17+. The van der Waals surface area contributed by atoms with Gasteiger partial charge in [0, 0.05) is 22.8 Å². The van der Waals surface area contributed by atoms with Gasteiger partial charge in [-0.05, 0) is 125 Å². The number of carbonyl (C=O) groups is 4. The molecule has 32 nitrogen and oxygen atoms in total. The number of para-hydroxylation sites is 5. The molecular weight excluding hydrogens is 1860 g/mol. The molecule has 726 valence electrons. The molecule has 0 unspecified atom stereocenters.